The van der Waals surface area contributed by atoms with E-state index in [1.165, 1.54) is 0 Å². The lowest BCUT2D eigenvalue weighted by Gasteiger charge is -2.09. The van der Waals surface area contributed by atoms with Crippen molar-refractivity contribution >= 4 is 27.6 Å². The zero-order valence-electron chi connectivity index (χ0n) is 12.1. The van der Waals surface area contributed by atoms with Gasteiger partial charge in [-0.25, -0.2) is 9.78 Å². The summed E-state index contributed by atoms with van der Waals surface area (Å²) in [6.07, 6.45) is 3.36. The van der Waals surface area contributed by atoms with Crippen molar-refractivity contribution in [3.05, 3.63) is 72.6 Å². The van der Waals surface area contributed by atoms with Crippen molar-refractivity contribution in [2.75, 3.05) is 0 Å². The van der Waals surface area contributed by atoms with Crippen LogP contribution in [-0.2, 0) is 0 Å². The number of carboxylic acid groups (broad SMARTS) is 1. The van der Waals surface area contributed by atoms with E-state index in [1.807, 2.05) is 48.5 Å². The van der Waals surface area contributed by atoms with Crippen LogP contribution < -0.4 is 0 Å². The largest absolute Gasteiger partial charge is 0.478 e. The first-order valence-corrected chi connectivity index (χ1v) is 7.20. The van der Waals surface area contributed by atoms with Crippen LogP contribution in [0.2, 0.25) is 0 Å². The van der Waals surface area contributed by atoms with Gasteiger partial charge in [0.25, 0.3) is 0 Å². The minimum atomic E-state index is -0.960. The molecule has 0 saturated carbocycles. The summed E-state index contributed by atoms with van der Waals surface area (Å²) in [6, 6.07) is 16.9. The van der Waals surface area contributed by atoms with Crippen LogP contribution in [0.3, 0.4) is 0 Å². The number of hydrogen-bond donors (Lipinski definition) is 1. The van der Waals surface area contributed by atoms with E-state index >= 15 is 0 Å². The predicted molar refractivity (Wildman–Crippen MR) is 89.4 cm³/mol. The van der Waals surface area contributed by atoms with Gasteiger partial charge in [0.2, 0.25) is 0 Å². The van der Waals surface area contributed by atoms with Crippen molar-refractivity contribution < 1.29 is 9.90 Å². The fourth-order valence-corrected chi connectivity index (χ4v) is 2.80. The second kappa shape index (κ2) is 5.18. The molecule has 4 heteroatoms. The van der Waals surface area contributed by atoms with Crippen molar-refractivity contribution in [1.82, 2.24) is 9.97 Å². The maximum atomic E-state index is 11.7. The first-order chi connectivity index (χ1) is 11.2. The molecule has 2 aromatic heterocycles. The molecular formula is C19H12N2O2. The molecule has 23 heavy (non-hydrogen) atoms. The zero-order chi connectivity index (χ0) is 15.8. The van der Waals surface area contributed by atoms with Crippen LogP contribution in [0, 0.1) is 0 Å². The minimum absolute atomic E-state index is 0.250. The van der Waals surface area contributed by atoms with Gasteiger partial charge in [0, 0.05) is 28.7 Å². The maximum absolute atomic E-state index is 11.7. The second-order valence-corrected chi connectivity index (χ2v) is 5.28. The van der Waals surface area contributed by atoms with Gasteiger partial charge in [0.1, 0.15) is 0 Å². The van der Waals surface area contributed by atoms with Gasteiger partial charge >= 0.3 is 5.97 Å². The van der Waals surface area contributed by atoms with E-state index in [0.717, 1.165) is 16.3 Å². The Labute approximate surface area is 132 Å². The lowest BCUT2D eigenvalue weighted by atomic mass is 10.0. The van der Waals surface area contributed by atoms with Crippen LogP contribution in [0.25, 0.3) is 32.9 Å². The fourth-order valence-electron chi connectivity index (χ4n) is 2.80. The number of fused-ring (bicyclic) bond motifs is 3. The Bertz CT molecular complexity index is 1040. The number of nitrogens with zero attached hydrogens (tertiary/aromatic N) is 2. The van der Waals surface area contributed by atoms with Gasteiger partial charge in [0.05, 0.1) is 16.8 Å². The molecule has 0 unspecified atom stereocenters. The molecule has 0 atom stereocenters. The van der Waals surface area contributed by atoms with Gasteiger partial charge in [-0.2, -0.15) is 0 Å². The van der Waals surface area contributed by atoms with E-state index in [-0.39, 0.29) is 5.56 Å². The number of rotatable bonds is 2. The molecule has 0 aliphatic heterocycles. The molecule has 110 valence electrons. The summed E-state index contributed by atoms with van der Waals surface area (Å²) in [7, 11) is 0. The van der Waals surface area contributed by atoms with Crippen LogP contribution in [0.5, 0.6) is 0 Å². The number of aromatic nitrogens is 2. The molecule has 2 heterocycles. The molecule has 0 aliphatic rings. The Kier molecular flexibility index (Phi) is 3.01. The molecule has 0 saturated heterocycles. The first kappa shape index (κ1) is 13.4. The lowest BCUT2D eigenvalue weighted by Crippen LogP contribution is -2.00. The van der Waals surface area contributed by atoms with Gasteiger partial charge in [-0.1, -0.05) is 36.4 Å². The van der Waals surface area contributed by atoms with E-state index < -0.39 is 5.97 Å². The highest BCUT2D eigenvalue weighted by Gasteiger charge is 2.14. The summed E-state index contributed by atoms with van der Waals surface area (Å²) < 4.78 is 0. The summed E-state index contributed by atoms with van der Waals surface area (Å²) in [5.74, 6) is -0.960. The SMILES string of the molecule is O=C(O)c1cc(-c2cccnc2)nc2c1ccc1ccccc12. The molecule has 2 aromatic carbocycles. The Morgan fingerprint density at radius 2 is 1.83 bits per heavy atom. The third-order valence-corrected chi connectivity index (χ3v) is 3.89. The van der Waals surface area contributed by atoms with Gasteiger partial charge in [-0.15, -0.1) is 0 Å². The average molecular weight is 300 g/mol. The van der Waals surface area contributed by atoms with Gasteiger partial charge < -0.3 is 5.11 Å². The normalized spacial score (nSPS) is 11.0. The monoisotopic (exact) mass is 300 g/mol. The summed E-state index contributed by atoms with van der Waals surface area (Å²) in [4.78, 5) is 20.5. The highest BCUT2D eigenvalue weighted by molar-refractivity contribution is 6.12. The molecule has 0 aliphatic carbocycles. The maximum Gasteiger partial charge on any atom is 0.336 e. The van der Waals surface area contributed by atoms with Crippen molar-refractivity contribution in [3.63, 3.8) is 0 Å². The minimum Gasteiger partial charge on any atom is -0.478 e. The van der Waals surface area contributed by atoms with Crippen LogP contribution >= 0.6 is 0 Å². The van der Waals surface area contributed by atoms with Gasteiger partial charge in [-0.05, 0) is 23.6 Å². The third-order valence-electron chi connectivity index (χ3n) is 3.89. The standard InChI is InChI=1S/C19H12N2O2/c22-19(23)16-10-17(13-5-3-9-20-11-13)21-18-14-6-2-1-4-12(14)7-8-15(16)18/h1-11H,(H,22,23). The number of aromatic carboxylic acids is 1. The predicted octanol–water partition coefficient (Wildman–Crippen LogP) is 4.15. The van der Waals surface area contributed by atoms with Crippen molar-refractivity contribution in [3.8, 4) is 11.3 Å². The summed E-state index contributed by atoms with van der Waals surface area (Å²) in [5.41, 5.74) is 2.35. The van der Waals surface area contributed by atoms with Gasteiger partial charge in [0.15, 0.2) is 0 Å². The molecule has 0 spiro atoms. The molecule has 4 rings (SSSR count). The molecule has 0 radical (unpaired) electrons. The average Bonchev–Trinajstić information content (AvgIpc) is 2.61. The number of carbonyl (C=O) groups is 1. The molecule has 0 fully saturated rings. The van der Waals surface area contributed by atoms with E-state index in [0.29, 0.717) is 16.6 Å². The zero-order valence-corrected chi connectivity index (χ0v) is 12.1. The molecular weight excluding hydrogens is 288 g/mol. The molecule has 0 amide bonds. The summed E-state index contributed by atoms with van der Waals surface area (Å²) in [6.45, 7) is 0. The number of benzene rings is 2. The Morgan fingerprint density at radius 3 is 2.61 bits per heavy atom. The third kappa shape index (κ3) is 2.21. The Hall–Kier alpha value is -3.27. The van der Waals surface area contributed by atoms with Gasteiger partial charge in [-0.3, -0.25) is 4.98 Å². The first-order valence-electron chi connectivity index (χ1n) is 7.20. The summed E-state index contributed by atoms with van der Waals surface area (Å²) in [5, 5.41) is 12.2. The smallest absolute Gasteiger partial charge is 0.336 e. The van der Waals surface area contributed by atoms with Crippen molar-refractivity contribution in [1.29, 1.82) is 0 Å². The number of hydrogen-bond acceptors (Lipinski definition) is 3. The number of carboxylic acids is 1. The highest BCUT2D eigenvalue weighted by atomic mass is 16.4. The van der Waals surface area contributed by atoms with Crippen LogP contribution in [0.1, 0.15) is 10.4 Å². The second-order valence-electron chi connectivity index (χ2n) is 5.28. The number of pyridine rings is 2. The van der Waals surface area contributed by atoms with E-state index in [2.05, 4.69) is 4.98 Å². The van der Waals surface area contributed by atoms with Crippen molar-refractivity contribution in [2.24, 2.45) is 0 Å². The molecule has 4 aromatic rings. The quantitative estimate of drug-likeness (QED) is 0.565. The summed E-state index contributed by atoms with van der Waals surface area (Å²) >= 11 is 0. The van der Waals surface area contributed by atoms with E-state index in [9.17, 15) is 9.90 Å². The topological polar surface area (TPSA) is 63.1 Å². The van der Waals surface area contributed by atoms with E-state index in [4.69, 9.17) is 4.98 Å². The molecule has 4 nitrogen and oxygen atoms in total. The van der Waals surface area contributed by atoms with E-state index in [1.54, 1.807) is 18.5 Å². The Balaban J connectivity index is 2.14. The fraction of sp³-hybridized carbons (Fsp3) is 0. The molecule has 0 bridgehead atoms. The van der Waals surface area contributed by atoms with Crippen LogP contribution in [0.15, 0.2) is 67.0 Å². The Morgan fingerprint density at radius 1 is 0.957 bits per heavy atom. The van der Waals surface area contributed by atoms with Crippen molar-refractivity contribution in [2.45, 2.75) is 0 Å². The molecule has 1 N–H and O–H groups in total. The lowest BCUT2D eigenvalue weighted by molar-refractivity contribution is 0.0699. The van der Waals surface area contributed by atoms with Crippen LogP contribution in [0.4, 0.5) is 0 Å². The van der Waals surface area contributed by atoms with Crippen LogP contribution in [-0.4, -0.2) is 21.0 Å². The highest BCUT2D eigenvalue weighted by Crippen LogP contribution is 2.29.